The number of carbonyl (C=O) groups excluding carboxylic acids is 1. The van der Waals surface area contributed by atoms with Crippen molar-refractivity contribution in [2.24, 2.45) is 0 Å². The molecule has 0 unspecified atom stereocenters. The van der Waals surface area contributed by atoms with Crippen molar-refractivity contribution in [1.82, 2.24) is 20.1 Å². The Morgan fingerprint density at radius 2 is 1.93 bits per heavy atom. The average Bonchev–Trinajstić information content (AvgIpc) is 3.32. The lowest BCUT2D eigenvalue weighted by Gasteiger charge is -2.29. The zero-order valence-corrected chi connectivity index (χ0v) is 24.0. The second kappa shape index (κ2) is 12.8. The first-order valence-corrected chi connectivity index (χ1v) is 13.3. The molecule has 0 fully saturated rings. The molecule has 0 spiro atoms. The molecule has 3 N–H and O–H groups in total. The van der Waals surface area contributed by atoms with E-state index in [2.05, 4.69) is 26.0 Å². The summed E-state index contributed by atoms with van der Waals surface area (Å²) < 4.78 is 41.8. The molecule has 2 atom stereocenters. The average molecular weight is 578 g/mol. The maximum atomic E-state index is 15.3. The van der Waals surface area contributed by atoms with Crippen LogP contribution in [0.1, 0.15) is 44.9 Å². The molecule has 4 rings (SSSR count). The molecular weight excluding hydrogens is 544 g/mol. The number of pyridine rings is 1. The molecule has 10 nitrogen and oxygen atoms in total. The minimum absolute atomic E-state index is 0.0174. The molecule has 42 heavy (non-hydrogen) atoms. The summed E-state index contributed by atoms with van der Waals surface area (Å²) in [5.41, 5.74) is 1.19. The molecule has 0 aliphatic rings. The van der Waals surface area contributed by atoms with Gasteiger partial charge >= 0.3 is 6.09 Å². The number of hydrogen-bond donors (Lipinski definition) is 3. The number of carbonyl (C=O) groups is 1. The molecule has 1 amide bonds. The van der Waals surface area contributed by atoms with Crippen LogP contribution in [0.4, 0.5) is 30.9 Å². The van der Waals surface area contributed by atoms with E-state index in [4.69, 9.17) is 9.47 Å². The quantitative estimate of drug-likeness (QED) is 0.208. The van der Waals surface area contributed by atoms with Gasteiger partial charge in [-0.1, -0.05) is 12.1 Å². The fraction of sp³-hybridized carbons (Fsp3) is 0.333. The molecule has 2 heterocycles. The number of fused-ring (bicyclic) bond motifs is 1. The number of rotatable bonds is 10. The summed E-state index contributed by atoms with van der Waals surface area (Å²) in [5.74, 6) is -1.38. The van der Waals surface area contributed by atoms with Crippen LogP contribution >= 0.6 is 0 Å². The third-order valence-electron chi connectivity index (χ3n) is 6.25. The van der Waals surface area contributed by atoms with Crippen LogP contribution in [0.15, 0.2) is 54.7 Å². The van der Waals surface area contributed by atoms with Crippen LogP contribution in [0.2, 0.25) is 0 Å². The predicted molar refractivity (Wildman–Crippen MR) is 155 cm³/mol. The summed E-state index contributed by atoms with van der Waals surface area (Å²) in [5, 5.41) is 23.7. The summed E-state index contributed by atoms with van der Waals surface area (Å²) in [6.45, 7) is 7.98. The molecule has 2 aromatic carbocycles. The first-order valence-electron chi connectivity index (χ1n) is 13.3. The minimum Gasteiger partial charge on any atom is -0.444 e. The molecule has 12 heteroatoms. The van der Waals surface area contributed by atoms with Gasteiger partial charge in [0, 0.05) is 18.2 Å². The third-order valence-corrected chi connectivity index (χ3v) is 6.25. The molecule has 4 aromatic rings. The molecule has 220 valence electrons. The van der Waals surface area contributed by atoms with Gasteiger partial charge in [-0.15, -0.1) is 0 Å². The number of anilines is 3. The summed E-state index contributed by atoms with van der Waals surface area (Å²) in [6.07, 6.45) is 1.03. The number of methoxy groups -OCH3 is 1. The maximum Gasteiger partial charge on any atom is 0.407 e. The number of ether oxygens (including phenoxy) is 2. The van der Waals surface area contributed by atoms with Crippen LogP contribution in [0.25, 0.3) is 10.9 Å². The predicted octanol–water partition coefficient (Wildman–Crippen LogP) is 6.04. The van der Waals surface area contributed by atoms with E-state index >= 15 is 4.39 Å². The van der Waals surface area contributed by atoms with Crippen LogP contribution in [-0.2, 0) is 16.0 Å². The van der Waals surface area contributed by atoms with Crippen molar-refractivity contribution in [2.45, 2.75) is 51.9 Å². The van der Waals surface area contributed by atoms with Gasteiger partial charge in [-0.25, -0.2) is 18.6 Å². The lowest BCUT2D eigenvalue weighted by Crippen LogP contribution is -2.42. The summed E-state index contributed by atoms with van der Waals surface area (Å²) in [7, 11) is 1.62. The van der Waals surface area contributed by atoms with E-state index in [0.717, 1.165) is 17.0 Å². The van der Waals surface area contributed by atoms with Crippen molar-refractivity contribution in [3.63, 3.8) is 0 Å². The second-order valence-electron chi connectivity index (χ2n) is 10.7. The molecule has 0 radical (unpaired) electrons. The normalized spacial score (nSPS) is 12.8. The topological polar surface area (TPSA) is 126 Å². The molecule has 0 aliphatic carbocycles. The van der Waals surface area contributed by atoms with Crippen molar-refractivity contribution in [3.8, 4) is 6.07 Å². The van der Waals surface area contributed by atoms with Gasteiger partial charge in [0.25, 0.3) is 0 Å². The molecule has 2 aromatic heterocycles. The zero-order chi connectivity index (χ0) is 30.4. The minimum atomic E-state index is -0.815. The second-order valence-corrected chi connectivity index (χ2v) is 10.7. The number of alkyl carbamates (subject to hydrolysis) is 1. The highest BCUT2D eigenvalue weighted by Crippen LogP contribution is 2.29. The van der Waals surface area contributed by atoms with E-state index in [9.17, 15) is 14.4 Å². The number of hydrogen-bond acceptors (Lipinski definition) is 8. The van der Waals surface area contributed by atoms with Crippen LogP contribution in [-0.4, -0.2) is 46.2 Å². The Bertz CT molecular complexity index is 1610. The Balaban J connectivity index is 1.64. The van der Waals surface area contributed by atoms with E-state index in [1.165, 1.54) is 18.2 Å². The van der Waals surface area contributed by atoms with Crippen molar-refractivity contribution in [1.29, 1.82) is 5.26 Å². The molecule has 0 saturated carbocycles. The van der Waals surface area contributed by atoms with Crippen molar-refractivity contribution < 1.29 is 23.0 Å². The van der Waals surface area contributed by atoms with Crippen molar-refractivity contribution in [3.05, 3.63) is 77.5 Å². The maximum absolute atomic E-state index is 15.3. The van der Waals surface area contributed by atoms with Gasteiger partial charge in [-0.05, 0) is 69.7 Å². The Hall–Kier alpha value is -4.76. The highest BCUT2D eigenvalue weighted by atomic mass is 19.1. The molecular formula is C30H33F2N7O3. The zero-order valence-electron chi connectivity index (χ0n) is 24.0. The number of aromatic nitrogens is 3. The first-order chi connectivity index (χ1) is 20.0. The monoisotopic (exact) mass is 577 g/mol. The van der Waals surface area contributed by atoms with Gasteiger partial charge in [0.05, 0.1) is 42.5 Å². The first kappa shape index (κ1) is 30.2. The number of nitriles is 1. The number of nitrogens with zero attached hydrogens (tertiary/aromatic N) is 4. The number of nitrogens with one attached hydrogen (secondary N) is 3. The lowest BCUT2D eigenvalue weighted by atomic mass is 10.00. The summed E-state index contributed by atoms with van der Waals surface area (Å²) >= 11 is 0. The van der Waals surface area contributed by atoms with Crippen LogP contribution in [0.5, 0.6) is 0 Å². The van der Waals surface area contributed by atoms with Gasteiger partial charge in [0.2, 0.25) is 0 Å². The van der Waals surface area contributed by atoms with Gasteiger partial charge in [0.1, 0.15) is 17.5 Å². The Kier molecular flexibility index (Phi) is 9.22. The highest BCUT2D eigenvalue weighted by Gasteiger charge is 2.26. The molecule has 0 bridgehead atoms. The van der Waals surface area contributed by atoms with Gasteiger partial charge < -0.3 is 25.4 Å². The molecule has 0 aliphatic heterocycles. The van der Waals surface area contributed by atoms with Gasteiger partial charge in [0.15, 0.2) is 17.5 Å². The fourth-order valence-corrected chi connectivity index (χ4v) is 4.35. The van der Waals surface area contributed by atoms with E-state index in [1.807, 2.05) is 22.9 Å². The summed E-state index contributed by atoms with van der Waals surface area (Å²) in [6, 6.07) is 12.8. The van der Waals surface area contributed by atoms with Crippen LogP contribution in [0, 0.1) is 23.0 Å². The van der Waals surface area contributed by atoms with E-state index in [1.54, 1.807) is 53.1 Å². The van der Waals surface area contributed by atoms with Crippen LogP contribution < -0.4 is 16.0 Å². The largest absolute Gasteiger partial charge is 0.444 e. The van der Waals surface area contributed by atoms with Crippen molar-refractivity contribution >= 4 is 34.3 Å². The van der Waals surface area contributed by atoms with Crippen LogP contribution in [0.3, 0.4) is 0 Å². The highest BCUT2D eigenvalue weighted by molar-refractivity contribution is 5.83. The number of halogens is 2. The van der Waals surface area contributed by atoms with Crippen molar-refractivity contribution in [2.75, 3.05) is 24.4 Å². The van der Waals surface area contributed by atoms with E-state index in [-0.39, 0.29) is 17.2 Å². The van der Waals surface area contributed by atoms with Gasteiger partial charge in [-0.2, -0.15) is 10.4 Å². The standard InChI is InChI=1S/C30H33F2N7O3/c1-18(35-29(40)42-30(2,3)4)26(19-7-6-8-22(31)13-19)37-28-24(32)15-20(16-33)27(38-28)36-23-9-10-25-21(14-23)17-34-39(25)11-12-41-5/h6-10,13-15,17-18,26H,11-12H2,1-5H3,(H,35,40)(H2,36,37,38)/t18-,26-/m0/s1. The SMILES string of the molecule is COCCn1ncc2cc(Nc3nc(N[C@H](c4cccc(F)c4)[C@H](C)NC(=O)OC(C)(C)C)c(F)cc3C#N)ccc21. The Morgan fingerprint density at radius 1 is 1.14 bits per heavy atom. The fourth-order valence-electron chi connectivity index (χ4n) is 4.35. The van der Waals surface area contributed by atoms with E-state index in [0.29, 0.717) is 24.4 Å². The number of amides is 1. The Labute approximate surface area is 242 Å². The Morgan fingerprint density at radius 3 is 2.62 bits per heavy atom. The number of benzene rings is 2. The van der Waals surface area contributed by atoms with E-state index < -0.39 is 35.4 Å². The smallest absolute Gasteiger partial charge is 0.407 e. The third kappa shape index (κ3) is 7.50. The lowest BCUT2D eigenvalue weighted by molar-refractivity contribution is 0.0503. The summed E-state index contributed by atoms with van der Waals surface area (Å²) in [4.78, 5) is 16.9. The van der Waals surface area contributed by atoms with Gasteiger partial charge in [-0.3, -0.25) is 4.68 Å². The molecule has 0 saturated heterocycles.